The highest BCUT2D eigenvalue weighted by molar-refractivity contribution is 5.75. The van der Waals surface area contributed by atoms with E-state index in [0.717, 1.165) is 16.7 Å². The maximum atomic E-state index is 3.86. The summed E-state index contributed by atoms with van der Waals surface area (Å²) in [5.41, 5.74) is 3.13. The molecule has 0 saturated heterocycles. The second kappa shape index (κ2) is 4.67. The molecular weight excluding hydrogens is 134 g/mol. The standard InChI is InChI=1S/C10H15N/c1-8(2)10(9(3)4)6-7-11-5/h6-7H,1,3H2,2,4-5H3. The van der Waals surface area contributed by atoms with Crippen LogP contribution in [-0.4, -0.2) is 13.3 Å². The highest BCUT2D eigenvalue weighted by atomic mass is 14.6. The first-order chi connectivity index (χ1) is 5.09. The average Bonchev–Trinajstić information content (AvgIpc) is 1.87. The number of hydrogen-bond acceptors (Lipinski definition) is 1. The van der Waals surface area contributed by atoms with Gasteiger partial charge < -0.3 is 0 Å². The molecule has 0 aliphatic carbocycles. The highest BCUT2D eigenvalue weighted by Crippen LogP contribution is 2.14. The molecule has 0 spiro atoms. The lowest BCUT2D eigenvalue weighted by atomic mass is 10.0. The Labute approximate surface area is 68.9 Å². The molecule has 0 unspecified atom stereocenters. The summed E-state index contributed by atoms with van der Waals surface area (Å²) in [7, 11) is 1.74. The van der Waals surface area contributed by atoms with Crippen LogP contribution in [0.2, 0.25) is 0 Å². The minimum absolute atomic E-state index is 1.03. The van der Waals surface area contributed by atoms with Gasteiger partial charge in [-0.15, -0.1) is 0 Å². The van der Waals surface area contributed by atoms with Crippen LogP contribution in [0, 0.1) is 0 Å². The lowest BCUT2D eigenvalue weighted by Crippen LogP contribution is -1.85. The third-order valence-corrected chi connectivity index (χ3v) is 1.31. The van der Waals surface area contributed by atoms with E-state index < -0.39 is 0 Å². The molecule has 1 heteroatoms. The Hall–Kier alpha value is -1.11. The lowest BCUT2D eigenvalue weighted by molar-refractivity contribution is 1.35. The summed E-state index contributed by atoms with van der Waals surface area (Å²) in [5.74, 6) is 0. The van der Waals surface area contributed by atoms with Gasteiger partial charge in [0.15, 0.2) is 0 Å². The van der Waals surface area contributed by atoms with Gasteiger partial charge in [0, 0.05) is 13.3 Å². The van der Waals surface area contributed by atoms with E-state index in [2.05, 4.69) is 18.2 Å². The largest absolute Gasteiger partial charge is 0.296 e. The van der Waals surface area contributed by atoms with Gasteiger partial charge in [-0.25, -0.2) is 0 Å². The van der Waals surface area contributed by atoms with Gasteiger partial charge in [0.2, 0.25) is 0 Å². The van der Waals surface area contributed by atoms with Crippen LogP contribution in [0.3, 0.4) is 0 Å². The third-order valence-electron chi connectivity index (χ3n) is 1.31. The van der Waals surface area contributed by atoms with E-state index in [1.54, 1.807) is 13.3 Å². The number of aliphatic imine (C=N–C) groups is 1. The molecule has 0 fully saturated rings. The summed E-state index contributed by atoms with van der Waals surface area (Å²) in [6, 6.07) is 0. The second-order valence-corrected chi connectivity index (χ2v) is 2.55. The fourth-order valence-electron chi connectivity index (χ4n) is 0.798. The van der Waals surface area contributed by atoms with Crippen LogP contribution in [0.5, 0.6) is 0 Å². The molecule has 0 radical (unpaired) electrons. The maximum absolute atomic E-state index is 3.86. The van der Waals surface area contributed by atoms with Crippen LogP contribution >= 0.6 is 0 Å². The van der Waals surface area contributed by atoms with Crippen molar-refractivity contribution in [1.29, 1.82) is 0 Å². The Morgan fingerprint density at radius 2 is 1.64 bits per heavy atom. The molecule has 1 nitrogen and oxygen atoms in total. The Bertz CT molecular complexity index is 203. The fraction of sp³-hybridized carbons (Fsp3) is 0.300. The quantitative estimate of drug-likeness (QED) is 0.432. The van der Waals surface area contributed by atoms with Gasteiger partial charge in [-0.05, 0) is 25.5 Å². The number of nitrogens with zero attached hydrogens (tertiary/aromatic N) is 1. The maximum Gasteiger partial charge on any atom is 0.0277 e. The van der Waals surface area contributed by atoms with E-state index in [1.807, 2.05) is 19.9 Å². The number of hydrogen-bond donors (Lipinski definition) is 0. The first kappa shape index (κ1) is 9.89. The van der Waals surface area contributed by atoms with Crippen molar-refractivity contribution < 1.29 is 0 Å². The number of rotatable bonds is 3. The molecule has 0 heterocycles. The zero-order chi connectivity index (χ0) is 8.85. The minimum atomic E-state index is 1.03. The van der Waals surface area contributed by atoms with Crippen molar-refractivity contribution in [3.63, 3.8) is 0 Å². The van der Waals surface area contributed by atoms with Gasteiger partial charge in [0.1, 0.15) is 0 Å². The van der Waals surface area contributed by atoms with Crippen molar-refractivity contribution in [1.82, 2.24) is 0 Å². The van der Waals surface area contributed by atoms with E-state index in [-0.39, 0.29) is 0 Å². The molecule has 0 amide bonds. The molecule has 0 saturated carbocycles. The van der Waals surface area contributed by atoms with Crippen molar-refractivity contribution >= 4 is 6.21 Å². The molecule has 0 aliphatic heterocycles. The van der Waals surface area contributed by atoms with E-state index in [1.165, 1.54) is 0 Å². The topological polar surface area (TPSA) is 12.4 Å². The monoisotopic (exact) mass is 149 g/mol. The first-order valence-electron chi connectivity index (χ1n) is 3.53. The summed E-state index contributed by atoms with van der Waals surface area (Å²) in [4.78, 5) is 3.86. The van der Waals surface area contributed by atoms with Gasteiger partial charge in [-0.3, -0.25) is 4.99 Å². The van der Waals surface area contributed by atoms with Crippen molar-refractivity contribution in [2.45, 2.75) is 13.8 Å². The predicted molar refractivity (Wildman–Crippen MR) is 52.1 cm³/mol. The van der Waals surface area contributed by atoms with Crippen molar-refractivity contribution in [2.24, 2.45) is 4.99 Å². The zero-order valence-corrected chi connectivity index (χ0v) is 7.52. The van der Waals surface area contributed by atoms with Crippen molar-refractivity contribution in [3.8, 4) is 0 Å². The van der Waals surface area contributed by atoms with Gasteiger partial charge in [0.05, 0.1) is 0 Å². The van der Waals surface area contributed by atoms with Crippen LogP contribution < -0.4 is 0 Å². The first-order valence-corrected chi connectivity index (χ1v) is 3.53. The van der Waals surface area contributed by atoms with Crippen LogP contribution in [0.25, 0.3) is 0 Å². The summed E-state index contributed by atoms with van der Waals surface area (Å²) < 4.78 is 0. The Kier molecular flexibility index (Phi) is 4.20. The normalized spacial score (nSPS) is 9.73. The molecule has 0 aromatic heterocycles. The molecule has 0 aliphatic rings. The zero-order valence-electron chi connectivity index (χ0n) is 7.52. The molecule has 0 rings (SSSR count). The Morgan fingerprint density at radius 1 is 1.18 bits per heavy atom. The summed E-state index contributed by atoms with van der Waals surface area (Å²) >= 11 is 0. The summed E-state index contributed by atoms with van der Waals surface area (Å²) in [6.45, 7) is 11.6. The molecule has 11 heavy (non-hydrogen) atoms. The van der Waals surface area contributed by atoms with Crippen LogP contribution in [-0.2, 0) is 0 Å². The van der Waals surface area contributed by atoms with E-state index in [4.69, 9.17) is 0 Å². The van der Waals surface area contributed by atoms with Gasteiger partial charge >= 0.3 is 0 Å². The van der Waals surface area contributed by atoms with Crippen molar-refractivity contribution in [3.05, 3.63) is 36.0 Å². The molecule has 0 aromatic rings. The van der Waals surface area contributed by atoms with Crippen LogP contribution in [0.1, 0.15) is 13.8 Å². The van der Waals surface area contributed by atoms with E-state index in [0.29, 0.717) is 0 Å². The smallest absolute Gasteiger partial charge is 0.0277 e. The van der Waals surface area contributed by atoms with Gasteiger partial charge in [-0.2, -0.15) is 0 Å². The molecule has 60 valence electrons. The lowest BCUT2D eigenvalue weighted by Gasteiger charge is -2.03. The second-order valence-electron chi connectivity index (χ2n) is 2.55. The van der Waals surface area contributed by atoms with E-state index >= 15 is 0 Å². The predicted octanol–water partition coefficient (Wildman–Crippen LogP) is 2.77. The van der Waals surface area contributed by atoms with Gasteiger partial charge in [-0.1, -0.05) is 24.3 Å². The van der Waals surface area contributed by atoms with Gasteiger partial charge in [0.25, 0.3) is 0 Å². The Morgan fingerprint density at radius 3 is 1.91 bits per heavy atom. The highest BCUT2D eigenvalue weighted by Gasteiger charge is 1.95. The molecule has 0 aromatic carbocycles. The summed E-state index contributed by atoms with van der Waals surface area (Å²) in [5, 5.41) is 0. The fourth-order valence-corrected chi connectivity index (χ4v) is 0.798. The molecule has 0 atom stereocenters. The van der Waals surface area contributed by atoms with Crippen LogP contribution in [0.4, 0.5) is 0 Å². The summed E-state index contributed by atoms with van der Waals surface area (Å²) in [6.07, 6.45) is 3.67. The van der Waals surface area contributed by atoms with Crippen molar-refractivity contribution in [2.75, 3.05) is 7.05 Å². The molecular formula is C10H15N. The average molecular weight is 149 g/mol. The molecule has 0 N–H and O–H groups in total. The SMILES string of the molecule is C=C(C)C(=CC=NC)C(=C)C. The number of allylic oxidation sites excluding steroid dienone is 4. The third kappa shape index (κ3) is 3.56. The minimum Gasteiger partial charge on any atom is -0.296 e. The molecule has 0 bridgehead atoms. The Balaban J connectivity index is 4.60. The van der Waals surface area contributed by atoms with E-state index in [9.17, 15) is 0 Å². The van der Waals surface area contributed by atoms with Crippen LogP contribution in [0.15, 0.2) is 40.9 Å².